The van der Waals surface area contributed by atoms with Crippen LogP contribution in [-0.4, -0.2) is 56.4 Å². The van der Waals surface area contributed by atoms with Crippen molar-refractivity contribution in [3.05, 3.63) is 36.0 Å². The maximum Gasteiger partial charge on any atom is 0.113 e. The van der Waals surface area contributed by atoms with Gasteiger partial charge in [-0.05, 0) is 6.92 Å². The van der Waals surface area contributed by atoms with E-state index >= 15 is 0 Å². The van der Waals surface area contributed by atoms with Crippen LogP contribution in [0.5, 0.6) is 0 Å². The Hall–Kier alpha value is -1.76. The quantitative estimate of drug-likeness (QED) is 0.770. The first kappa shape index (κ1) is 14.6. The van der Waals surface area contributed by atoms with Crippen molar-refractivity contribution < 1.29 is 10.2 Å². The van der Waals surface area contributed by atoms with Crippen molar-refractivity contribution in [1.82, 2.24) is 19.9 Å². The Kier molecular flexibility index (Phi) is 5.23. The van der Waals surface area contributed by atoms with Gasteiger partial charge in [-0.1, -0.05) is 35.0 Å². The van der Waals surface area contributed by atoms with Gasteiger partial charge < -0.3 is 10.2 Å². The van der Waals surface area contributed by atoms with Crippen LogP contribution in [0.4, 0.5) is 0 Å². The highest BCUT2D eigenvalue weighted by molar-refractivity contribution is 5.57. The molecule has 108 valence electrons. The van der Waals surface area contributed by atoms with Crippen molar-refractivity contribution >= 4 is 0 Å². The number of aryl methyl sites for hydroxylation is 1. The molecule has 1 aromatic carbocycles. The van der Waals surface area contributed by atoms with E-state index in [1.165, 1.54) is 5.56 Å². The largest absolute Gasteiger partial charge is 0.395 e. The minimum Gasteiger partial charge on any atom is -0.395 e. The second kappa shape index (κ2) is 7.14. The van der Waals surface area contributed by atoms with Crippen molar-refractivity contribution in [3.8, 4) is 11.3 Å². The Labute approximate surface area is 118 Å². The SMILES string of the molecule is Cc1ccc(-c2cn(CN(CCO)CCO)nn2)cc1. The van der Waals surface area contributed by atoms with Crippen LogP contribution in [0.3, 0.4) is 0 Å². The number of benzene rings is 1. The van der Waals surface area contributed by atoms with E-state index in [0.717, 1.165) is 11.3 Å². The average Bonchev–Trinajstić information content (AvgIpc) is 2.89. The third-order valence-corrected chi connectivity index (χ3v) is 3.06. The number of hydrogen-bond acceptors (Lipinski definition) is 5. The lowest BCUT2D eigenvalue weighted by molar-refractivity contribution is 0.128. The molecule has 6 heteroatoms. The lowest BCUT2D eigenvalue weighted by Gasteiger charge is -2.19. The summed E-state index contributed by atoms with van der Waals surface area (Å²) in [6.07, 6.45) is 1.87. The van der Waals surface area contributed by atoms with Gasteiger partial charge in [0.15, 0.2) is 0 Å². The maximum atomic E-state index is 8.98. The zero-order valence-electron chi connectivity index (χ0n) is 11.6. The highest BCUT2D eigenvalue weighted by atomic mass is 16.3. The monoisotopic (exact) mass is 276 g/mol. The van der Waals surface area contributed by atoms with Crippen LogP contribution in [0.1, 0.15) is 5.56 Å². The molecule has 0 aliphatic heterocycles. The molecule has 2 rings (SSSR count). The van der Waals surface area contributed by atoms with Gasteiger partial charge in [-0.15, -0.1) is 5.10 Å². The zero-order chi connectivity index (χ0) is 14.4. The number of aliphatic hydroxyl groups excluding tert-OH is 2. The van der Waals surface area contributed by atoms with Crippen molar-refractivity contribution in [1.29, 1.82) is 0 Å². The minimum absolute atomic E-state index is 0.0551. The van der Waals surface area contributed by atoms with Gasteiger partial charge in [0.05, 0.1) is 26.1 Å². The Morgan fingerprint density at radius 1 is 1.10 bits per heavy atom. The molecule has 2 aromatic rings. The first-order valence-corrected chi connectivity index (χ1v) is 6.64. The molecule has 0 fully saturated rings. The van der Waals surface area contributed by atoms with Crippen molar-refractivity contribution in [2.24, 2.45) is 0 Å². The van der Waals surface area contributed by atoms with E-state index in [2.05, 4.69) is 10.3 Å². The predicted octanol–water partition coefficient (Wildman–Crippen LogP) is 0.498. The average molecular weight is 276 g/mol. The van der Waals surface area contributed by atoms with E-state index in [4.69, 9.17) is 10.2 Å². The summed E-state index contributed by atoms with van der Waals surface area (Å²) in [6.45, 7) is 3.65. The predicted molar refractivity (Wildman–Crippen MR) is 75.9 cm³/mol. The van der Waals surface area contributed by atoms with E-state index < -0.39 is 0 Å². The smallest absolute Gasteiger partial charge is 0.113 e. The van der Waals surface area contributed by atoms with Crippen LogP contribution in [0, 0.1) is 6.92 Å². The molecule has 1 heterocycles. The van der Waals surface area contributed by atoms with Gasteiger partial charge in [-0.2, -0.15) is 0 Å². The van der Waals surface area contributed by atoms with Gasteiger partial charge >= 0.3 is 0 Å². The molecule has 20 heavy (non-hydrogen) atoms. The van der Waals surface area contributed by atoms with Gasteiger partial charge in [-0.3, -0.25) is 4.90 Å². The molecule has 2 N–H and O–H groups in total. The van der Waals surface area contributed by atoms with Crippen molar-refractivity contribution in [2.75, 3.05) is 26.3 Å². The second-order valence-electron chi connectivity index (χ2n) is 4.72. The molecule has 0 spiro atoms. The fourth-order valence-corrected chi connectivity index (χ4v) is 1.97. The van der Waals surface area contributed by atoms with Gasteiger partial charge in [0.25, 0.3) is 0 Å². The number of aromatic nitrogens is 3. The first-order valence-electron chi connectivity index (χ1n) is 6.64. The summed E-state index contributed by atoms with van der Waals surface area (Å²) >= 11 is 0. The molecule has 0 amide bonds. The van der Waals surface area contributed by atoms with E-state index in [0.29, 0.717) is 19.8 Å². The lowest BCUT2D eigenvalue weighted by Crippen LogP contribution is -2.32. The molecule has 0 aliphatic rings. The summed E-state index contributed by atoms with van der Waals surface area (Å²) in [7, 11) is 0. The number of nitrogens with zero attached hydrogens (tertiary/aromatic N) is 4. The Balaban J connectivity index is 2.06. The number of rotatable bonds is 7. The molecule has 0 unspecified atom stereocenters. The van der Waals surface area contributed by atoms with Crippen molar-refractivity contribution in [3.63, 3.8) is 0 Å². The molecule has 0 aliphatic carbocycles. The highest BCUT2D eigenvalue weighted by Gasteiger charge is 2.08. The van der Waals surface area contributed by atoms with Gasteiger partial charge in [0, 0.05) is 18.7 Å². The molecule has 0 radical (unpaired) electrons. The van der Waals surface area contributed by atoms with Crippen LogP contribution in [0.25, 0.3) is 11.3 Å². The fourth-order valence-electron chi connectivity index (χ4n) is 1.97. The summed E-state index contributed by atoms with van der Waals surface area (Å²) in [6, 6.07) is 8.11. The molecule has 0 atom stereocenters. The molecule has 0 saturated heterocycles. The van der Waals surface area contributed by atoms with Gasteiger partial charge in [-0.25, -0.2) is 4.68 Å². The Morgan fingerprint density at radius 2 is 1.75 bits per heavy atom. The third-order valence-electron chi connectivity index (χ3n) is 3.06. The van der Waals surface area contributed by atoms with E-state index in [1.807, 2.05) is 42.3 Å². The van der Waals surface area contributed by atoms with Crippen LogP contribution in [0.2, 0.25) is 0 Å². The van der Waals surface area contributed by atoms with Crippen LogP contribution in [-0.2, 0) is 6.67 Å². The summed E-state index contributed by atoms with van der Waals surface area (Å²) in [4.78, 5) is 1.91. The van der Waals surface area contributed by atoms with Crippen LogP contribution in [0.15, 0.2) is 30.5 Å². The van der Waals surface area contributed by atoms with Crippen molar-refractivity contribution in [2.45, 2.75) is 13.6 Å². The number of aliphatic hydroxyl groups is 2. The second-order valence-corrected chi connectivity index (χ2v) is 4.72. The summed E-state index contributed by atoms with van der Waals surface area (Å²) in [5, 5.41) is 26.2. The Morgan fingerprint density at radius 3 is 2.35 bits per heavy atom. The zero-order valence-corrected chi connectivity index (χ0v) is 11.6. The third kappa shape index (κ3) is 3.86. The molecular weight excluding hydrogens is 256 g/mol. The summed E-state index contributed by atoms with van der Waals surface area (Å²) in [5.41, 5.74) is 3.05. The topological polar surface area (TPSA) is 74.4 Å². The number of hydrogen-bond donors (Lipinski definition) is 2. The molecule has 6 nitrogen and oxygen atoms in total. The summed E-state index contributed by atoms with van der Waals surface area (Å²) in [5.74, 6) is 0. The molecule has 0 bridgehead atoms. The molecule has 0 saturated carbocycles. The lowest BCUT2D eigenvalue weighted by atomic mass is 10.1. The van der Waals surface area contributed by atoms with Crippen LogP contribution >= 0.6 is 0 Å². The van der Waals surface area contributed by atoms with E-state index in [1.54, 1.807) is 4.68 Å². The maximum absolute atomic E-state index is 8.98. The first-order chi connectivity index (χ1) is 9.72. The molecule has 1 aromatic heterocycles. The van der Waals surface area contributed by atoms with Crippen LogP contribution < -0.4 is 0 Å². The highest BCUT2D eigenvalue weighted by Crippen LogP contribution is 2.16. The fraction of sp³-hybridized carbons (Fsp3) is 0.429. The van der Waals surface area contributed by atoms with Gasteiger partial charge in [0.2, 0.25) is 0 Å². The standard InChI is InChI=1S/C14H20N4O2/c1-12-2-4-13(5-3-12)14-10-18(16-15-14)11-17(6-8-19)7-9-20/h2-5,10,19-20H,6-9,11H2,1H3. The van der Waals surface area contributed by atoms with Gasteiger partial charge in [0.1, 0.15) is 5.69 Å². The van der Waals surface area contributed by atoms with E-state index in [-0.39, 0.29) is 13.2 Å². The Bertz CT molecular complexity index is 518. The molecular formula is C14H20N4O2. The minimum atomic E-state index is 0.0551. The normalized spacial score (nSPS) is 11.2. The summed E-state index contributed by atoms with van der Waals surface area (Å²) < 4.78 is 1.71. The van der Waals surface area contributed by atoms with E-state index in [9.17, 15) is 0 Å².